The van der Waals surface area contributed by atoms with Crippen LogP contribution in [-0.4, -0.2) is 28.4 Å². The molecule has 1 atom stereocenters. The maximum atomic E-state index is 13.5. The standard InChI is InChI=1S/C33H32N2O4S/c1-3-4-5-9-20-39-25-16-14-24(15-17-25)30-29(27(36)19-13-23-10-7-6-8-11-23)31(37)32(38)35(30)33-34-26-18-12-22(2)21-28(26)40-33/h6-8,10-19,21,30,37H,3-5,9,20H2,1-2H3. The van der Waals surface area contributed by atoms with Crippen LogP contribution < -0.4 is 9.64 Å². The van der Waals surface area contributed by atoms with Gasteiger partial charge in [0.25, 0.3) is 5.91 Å². The molecule has 0 saturated heterocycles. The van der Waals surface area contributed by atoms with E-state index in [1.807, 2.05) is 79.7 Å². The van der Waals surface area contributed by atoms with Gasteiger partial charge in [-0.05, 0) is 60.4 Å². The summed E-state index contributed by atoms with van der Waals surface area (Å²) < 4.78 is 6.83. The molecule has 1 aromatic heterocycles. The average Bonchev–Trinajstić information content (AvgIpc) is 3.50. The van der Waals surface area contributed by atoms with Gasteiger partial charge in [-0.25, -0.2) is 4.98 Å². The molecular weight excluding hydrogens is 520 g/mol. The van der Waals surface area contributed by atoms with Gasteiger partial charge < -0.3 is 9.84 Å². The van der Waals surface area contributed by atoms with Gasteiger partial charge in [-0.3, -0.25) is 14.5 Å². The zero-order valence-electron chi connectivity index (χ0n) is 22.7. The van der Waals surface area contributed by atoms with Crippen LogP contribution >= 0.6 is 11.3 Å². The zero-order chi connectivity index (χ0) is 28.1. The highest BCUT2D eigenvalue weighted by molar-refractivity contribution is 7.22. The van der Waals surface area contributed by atoms with Crippen molar-refractivity contribution >= 4 is 44.5 Å². The summed E-state index contributed by atoms with van der Waals surface area (Å²) in [5.74, 6) is -0.917. The Morgan fingerprint density at radius 2 is 1.82 bits per heavy atom. The van der Waals surface area contributed by atoms with Gasteiger partial charge in [0.15, 0.2) is 16.7 Å². The molecular formula is C33H32N2O4S. The Balaban J connectivity index is 1.49. The van der Waals surface area contributed by atoms with Crippen LogP contribution in [0.4, 0.5) is 5.13 Å². The van der Waals surface area contributed by atoms with Crippen LogP contribution in [0.1, 0.15) is 55.3 Å². The topological polar surface area (TPSA) is 79.7 Å². The molecule has 0 bridgehead atoms. The molecule has 0 radical (unpaired) electrons. The summed E-state index contributed by atoms with van der Waals surface area (Å²) in [6.07, 6.45) is 7.55. The van der Waals surface area contributed by atoms with E-state index in [9.17, 15) is 14.7 Å². The number of carbonyl (C=O) groups is 2. The minimum absolute atomic E-state index is 0.0286. The van der Waals surface area contributed by atoms with Crippen LogP contribution in [0.3, 0.4) is 0 Å². The molecule has 0 fully saturated rings. The maximum absolute atomic E-state index is 13.5. The second-order valence-corrected chi connectivity index (χ2v) is 10.9. The van der Waals surface area contributed by atoms with E-state index in [2.05, 4.69) is 6.92 Å². The molecule has 1 unspecified atom stereocenters. The number of nitrogens with zero attached hydrogens (tertiary/aromatic N) is 2. The van der Waals surface area contributed by atoms with E-state index in [0.29, 0.717) is 17.3 Å². The SMILES string of the molecule is CCCCCCOc1ccc(C2C(C(=O)C=Cc3ccccc3)=C(O)C(=O)N2c2nc3ccc(C)cc3s2)cc1. The molecule has 1 aliphatic rings. The van der Waals surface area contributed by atoms with Crippen molar-refractivity contribution < 1.29 is 19.4 Å². The summed E-state index contributed by atoms with van der Waals surface area (Å²) in [4.78, 5) is 33.2. The van der Waals surface area contributed by atoms with Crippen LogP contribution in [0.25, 0.3) is 16.3 Å². The predicted molar refractivity (Wildman–Crippen MR) is 161 cm³/mol. The maximum Gasteiger partial charge on any atom is 0.296 e. The molecule has 40 heavy (non-hydrogen) atoms. The molecule has 3 aromatic carbocycles. The van der Waals surface area contributed by atoms with Crippen molar-refractivity contribution in [3.05, 3.63) is 107 Å². The van der Waals surface area contributed by atoms with E-state index in [4.69, 9.17) is 9.72 Å². The number of thiazole rings is 1. The number of benzene rings is 3. The summed E-state index contributed by atoms with van der Waals surface area (Å²) in [6, 6.07) is 21.9. The Morgan fingerprint density at radius 3 is 2.58 bits per heavy atom. The normalized spacial score (nSPS) is 15.5. The predicted octanol–water partition coefficient (Wildman–Crippen LogP) is 7.75. The van der Waals surface area contributed by atoms with Crippen molar-refractivity contribution in [3.63, 3.8) is 0 Å². The number of fused-ring (bicyclic) bond motifs is 1. The van der Waals surface area contributed by atoms with E-state index in [1.54, 1.807) is 6.08 Å². The first kappa shape index (κ1) is 27.3. The van der Waals surface area contributed by atoms with Crippen LogP contribution in [0.5, 0.6) is 5.75 Å². The minimum atomic E-state index is -0.833. The van der Waals surface area contributed by atoms with Gasteiger partial charge in [0.1, 0.15) is 5.75 Å². The lowest BCUT2D eigenvalue weighted by molar-refractivity contribution is -0.117. The number of hydrogen-bond donors (Lipinski definition) is 1. The van der Waals surface area contributed by atoms with Crippen molar-refractivity contribution in [1.29, 1.82) is 0 Å². The molecule has 4 aromatic rings. The van der Waals surface area contributed by atoms with Crippen LogP contribution in [-0.2, 0) is 9.59 Å². The van der Waals surface area contributed by atoms with E-state index < -0.39 is 23.5 Å². The first-order chi connectivity index (χ1) is 19.5. The lowest BCUT2D eigenvalue weighted by atomic mass is 9.95. The number of unbranched alkanes of at least 4 members (excludes halogenated alkanes) is 3. The fourth-order valence-corrected chi connectivity index (χ4v) is 5.87. The van der Waals surface area contributed by atoms with Crippen LogP contribution in [0.15, 0.2) is 90.2 Å². The lowest BCUT2D eigenvalue weighted by Crippen LogP contribution is -2.30. The van der Waals surface area contributed by atoms with Crippen LogP contribution in [0, 0.1) is 6.92 Å². The third kappa shape index (κ3) is 5.84. The van der Waals surface area contributed by atoms with E-state index >= 15 is 0 Å². The molecule has 2 heterocycles. The Bertz CT molecular complexity index is 1570. The van der Waals surface area contributed by atoms with Crippen molar-refractivity contribution in [2.24, 2.45) is 0 Å². The smallest absolute Gasteiger partial charge is 0.296 e. The highest BCUT2D eigenvalue weighted by atomic mass is 32.1. The molecule has 6 nitrogen and oxygen atoms in total. The van der Waals surface area contributed by atoms with Crippen molar-refractivity contribution in [2.75, 3.05) is 11.5 Å². The molecule has 0 saturated carbocycles. The monoisotopic (exact) mass is 552 g/mol. The second kappa shape index (κ2) is 12.3. The van der Waals surface area contributed by atoms with Crippen molar-refractivity contribution in [2.45, 2.75) is 45.6 Å². The third-order valence-corrected chi connectivity index (χ3v) is 7.92. The Kier molecular flexibility index (Phi) is 8.41. The molecule has 5 rings (SSSR count). The fraction of sp³-hybridized carbons (Fsp3) is 0.242. The van der Waals surface area contributed by atoms with Crippen LogP contribution in [0.2, 0.25) is 0 Å². The van der Waals surface area contributed by atoms with Gasteiger partial charge >= 0.3 is 0 Å². The quantitative estimate of drug-likeness (QED) is 0.152. The minimum Gasteiger partial charge on any atom is -0.503 e. The number of aliphatic hydroxyl groups excluding tert-OH is 1. The number of aryl methyl sites for hydroxylation is 1. The number of carbonyl (C=O) groups excluding carboxylic acids is 2. The van der Waals surface area contributed by atoms with Gasteiger partial charge in [0, 0.05) is 0 Å². The number of amides is 1. The van der Waals surface area contributed by atoms with Crippen molar-refractivity contribution in [3.8, 4) is 5.75 Å². The average molecular weight is 553 g/mol. The van der Waals surface area contributed by atoms with E-state index in [1.165, 1.54) is 35.2 Å². The zero-order valence-corrected chi connectivity index (χ0v) is 23.5. The number of hydrogen-bond acceptors (Lipinski definition) is 6. The summed E-state index contributed by atoms with van der Waals surface area (Å²) in [5.41, 5.74) is 3.39. The molecule has 7 heteroatoms. The van der Waals surface area contributed by atoms with Gasteiger partial charge in [0.05, 0.1) is 28.4 Å². The Hall–Kier alpha value is -4.23. The number of aromatic nitrogens is 1. The summed E-state index contributed by atoms with van der Waals surface area (Å²) in [5, 5.41) is 11.5. The molecule has 0 spiro atoms. The molecule has 1 aliphatic heterocycles. The van der Waals surface area contributed by atoms with Gasteiger partial charge in [-0.1, -0.05) is 92.1 Å². The fourth-order valence-electron chi connectivity index (χ4n) is 4.78. The summed E-state index contributed by atoms with van der Waals surface area (Å²) >= 11 is 1.36. The largest absolute Gasteiger partial charge is 0.503 e. The number of ether oxygens (including phenoxy) is 1. The summed E-state index contributed by atoms with van der Waals surface area (Å²) in [7, 11) is 0. The van der Waals surface area contributed by atoms with E-state index in [0.717, 1.165) is 39.9 Å². The number of anilines is 1. The molecule has 204 valence electrons. The lowest BCUT2D eigenvalue weighted by Gasteiger charge is -2.24. The molecule has 1 amide bonds. The van der Waals surface area contributed by atoms with Gasteiger partial charge in [-0.15, -0.1) is 0 Å². The highest BCUT2D eigenvalue weighted by Crippen LogP contribution is 2.44. The third-order valence-electron chi connectivity index (χ3n) is 6.90. The molecule has 0 aliphatic carbocycles. The molecule has 1 N–H and O–H groups in total. The number of ketones is 1. The number of aliphatic hydroxyl groups is 1. The Morgan fingerprint density at radius 1 is 1.05 bits per heavy atom. The number of allylic oxidation sites excluding steroid dienone is 1. The van der Waals surface area contributed by atoms with Crippen molar-refractivity contribution in [1.82, 2.24) is 4.98 Å². The van der Waals surface area contributed by atoms with E-state index in [-0.39, 0.29) is 5.57 Å². The van der Waals surface area contributed by atoms with Gasteiger partial charge in [-0.2, -0.15) is 0 Å². The first-order valence-corrected chi connectivity index (χ1v) is 14.4. The second-order valence-electron chi connectivity index (χ2n) is 9.89. The van der Waals surface area contributed by atoms with Gasteiger partial charge in [0.2, 0.25) is 0 Å². The highest BCUT2D eigenvalue weighted by Gasteiger charge is 2.45. The Labute approximate surface area is 238 Å². The summed E-state index contributed by atoms with van der Waals surface area (Å²) in [6.45, 7) is 4.81. The first-order valence-electron chi connectivity index (χ1n) is 13.6. The number of rotatable bonds is 11.